The highest BCUT2D eigenvalue weighted by Crippen LogP contribution is 2.33. The lowest BCUT2D eigenvalue weighted by molar-refractivity contribution is -0.138. The second-order valence-corrected chi connectivity index (χ2v) is 7.96. The van der Waals surface area contributed by atoms with Gasteiger partial charge in [0, 0.05) is 56.0 Å². The Kier molecular flexibility index (Phi) is 5.83. The number of amides is 1. The Hall–Kier alpha value is -2.77. The first-order chi connectivity index (χ1) is 14.4. The number of hydrogen-bond acceptors (Lipinski definition) is 2. The summed E-state index contributed by atoms with van der Waals surface area (Å²) in [6, 6.07) is 2.97. The van der Waals surface area contributed by atoms with Crippen LogP contribution in [0.1, 0.15) is 48.0 Å². The molecule has 1 fully saturated rings. The van der Waals surface area contributed by atoms with E-state index in [1.807, 2.05) is 12.4 Å². The molecule has 4 rings (SSSR count). The summed E-state index contributed by atoms with van der Waals surface area (Å²) in [5, 5.41) is 1.22. The topological polar surface area (TPSA) is 53.9 Å². The van der Waals surface area contributed by atoms with Crippen molar-refractivity contribution in [2.75, 3.05) is 13.1 Å². The normalized spacial score (nSPS) is 15.8. The maximum atomic E-state index is 13.2. The Morgan fingerprint density at radius 2 is 1.97 bits per heavy atom. The molecular weight excluding hydrogens is 393 g/mol. The van der Waals surface area contributed by atoms with E-state index in [2.05, 4.69) is 26.8 Å². The minimum atomic E-state index is -4.56. The smallest absolute Gasteiger partial charge is 0.365 e. The van der Waals surface area contributed by atoms with Crippen LogP contribution in [0, 0.1) is 5.92 Å². The number of rotatable bonds is 6. The first kappa shape index (κ1) is 20.5. The molecule has 5 nitrogen and oxygen atoms in total. The fourth-order valence-electron chi connectivity index (χ4n) is 4.32. The van der Waals surface area contributed by atoms with E-state index < -0.39 is 17.6 Å². The zero-order chi connectivity index (χ0) is 21.1. The number of piperidine rings is 1. The minimum Gasteiger partial charge on any atom is -0.365 e. The third kappa shape index (κ3) is 4.37. The fraction of sp³-hybridized carbons (Fsp3) is 0.455. The van der Waals surface area contributed by atoms with Gasteiger partial charge in [0.05, 0.1) is 16.6 Å². The Morgan fingerprint density at radius 1 is 1.17 bits per heavy atom. The number of carbonyl (C=O) groups excluding carboxylic acids is 1. The van der Waals surface area contributed by atoms with Gasteiger partial charge in [0.15, 0.2) is 0 Å². The van der Waals surface area contributed by atoms with Crippen LogP contribution < -0.4 is 0 Å². The Balaban J connectivity index is 1.24. The van der Waals surface area contributed by atoms with E-state index in [0.29, 0.717) is 19.0 Å². The van der Waals surface area contributed by atoms with Gasteiger partial charge in [-0.1, -0.05) is 12.8 Å². The zero-order valence-corrected chi connectivity index (χ0v) is 16.7. The first-order valence-electron chi connectivity index (χ1n) is 10.4. The molecule has 0 unspecified atom stereocenters. The molecule has 30 heavy (non-hydrogen) atoms. The average Bonchev–Trinajstić information content (AvgIpc) is 3.35. The van der Waals surface area contributed by atoms with Crippen molar-refractivity contribution in [3.05, 3.63) is 54.2 Å². The van der Waals surface area contributed by atoms with Crippen molar-refractivity contribution in [1.82, 2.24) is 19.4 Å². The van der Waals surface area contributed by atoms with Crippen LogP contribution in [-0.4, -0.2) is 38.4 Å². The lowest BCUT2D eigenvalue weighted by Crippen LogP contribution is -2.39. The molecule has 0 radical (unpaired) electrons. The number of pyridine rings is 1. The molecule has 0 atom stereocenters. The summed E-state index contributed by atoms with van der Waals surface area (Å²) in [4.78, 5) is 21.0. The third-order valence-electron chi connectivity index (χ3n) is 6.02. The van der Waals surface area contributed by atoms with Crippen molar-refractivity contribution in [3.63, 3.8) is 0 Å². The number of likely N-dealkylation sites (tertiary alicyclic amines) is 1. The molecule has 160 valence electrons. The SMILES string of the molecule is O=C(c1cnccc1C(F)(F)F)N1CCC(CCCCn2ccc3c[nH]cc32)CC1. The van der Waals surface area contributed by atoms with Gasteiger partial charge in [0.2, 0.25) is 0 Å². The number of carbonyl (C=O) groups is 1. The van der Waals surface area contributed by atoms with Crippen LogP contribution in [0.4, 0.5) is 13.2 Å². The number of H-pyrrole nitrogens is 1. The summed E-state index contributed by atoms with van der Waals surface area (Å²) >= 11 is 0. The van der Waals surface area contributed by atoms with E-state index in [1.54, 1.807) is 0 Å². The highest BCUT2D eigenvalue weighted by Gasteiger charge is 2.36. The van der Waals surface area contributed by atoms with Crippen LogP contribution >= 0.6 is 0 Å². The van der Waals surface area contributed by atoms with Gasteiger partial charge in [0.25, 0.3) is 5.91 Å². The lowest BCUT2D eigenvalue weighted by atomic mass is 9.91. The predicted molar refractivity (Wildman–Crippen MR) is 108 cm³/mol. The maximum absolute atomic E-state index is 13.2. The molecule has 0 aromatic carbocycles. The van der Waals surface area contributed by atoms with E-state index in [4.69, 9.17) is 0 Å². The van der Waals surface area contributed by atoms with Crippen LogP contribution in [0.15, 0.2) is 43.1 Å². The highest BCUT2D eigenvalue weighted by molar-refractivity contribution is 5.95. The zero-order valence-electron chi connectivity index (χ0n) is 16.7. The summed E-state index contributed by atoms with van der Waals surface area (Å²) in [6.45, 7) is 1.97. The molecule has 1 aliphatic rings. The second-order valence-electron chi connectivity index (χ2n) is 7.96. The Bertz CT molecular complexity index is 999. The van der Waals surface area contributed by atoms with Gasteiger partial charge in [-0.2, -0.15) is 13.2 Å². The van der Waals surface area contributed by atoms with Gasteiger partial charge >= 0.3 is 6.18 Å². The van der Waals surface area contributed by atoms with E-state index in [9.17, 15) is 18.0 Å². The monoisotopic (exact) mass is 418 g/mol. The van der Waals surface area contributed by atoms with E-state index in [0.717, 1.165) is 57.1 Å². The molecule has 1 aliphatic heterocycles. The van der Waals surface area contributed by atoms with Gasteiger partial charge < -0.3 is 14.5 Å². The molecule has 0 spiro atoms. The van der Waals surface area contributed by atoms with Crippen molar-refractivity contribution in [2.45, 2.75) is 44.8 Å². The maximum Gasteiger partial charge on any atom is 0.417 e. The standard InChI is InChI=1S/C22H25F3N4O/c23-22(24,25)19-4-8-26-14-18(19)21(30)29-10-5-16(6-11-29)3-1-2-9-28-12-7-17-13-27-15-20(17)28/h4,7-8,12-16,27H,1-3,5-6,9-11H2. The molecule has 0 saturated carbocycles. The van der Waals surface area contributed by atoms with Gasteiger partial charge in [-0.05, 0) is 37.3 Å². The largest absolute Gasteiger partial charge is 0.417 e. The number of unbranched alkanes of at least 4 members (excludes halogenated alkanes) is 1. The molecule has 1 N–H and O–H groups in total. The molecule has 1 saturated heterocycles. The number of aromatic amines is 1. The van der Waals surface area contributed by atoms with Crippen molar-refractivity contribution in [2.24, 2.45) is 5.92 Å². The number of nitrogens with one attached hydrogen (secondary N) is 1. The molecule has 8 heteroatoms. The molecular formula is C22H25F3N4O. The minimum absolute atomic E-state index is 0.355. The molecule has 3 aromatic rings. The van der Waals surface area contributed by atoms with Gasteiger partial charge in [-0.15, -0.1) is 0 Å². The summed E-state index contributed by atoms with van der Waals surface area (Å²) in [7, 11) is 0. The number of alkyl halides is 3. The number of halogens is 3. The Labute approximate surface area is 172 Å². The van der Waals surface area contributed by atoms with E-state index >= 15 is 0 Å². The first-order valence-corrected chi connectivity index (χ1v) is 10.4. The van der Waals surface area contributed by atoms with Gasteiger partial charge in [-0.3, -0.25) is 9.78 Å². The molecule has 0 aliphatic carbocycles. The summed E-state index contributed by atoms with van der Waals surface area (Å²) in [6.07, 6.45) is 8.58. The number of aryl methyl sites for hydroxylation is 1. The quantitative estimate of drug-likeness (QED) is 0.566. The van der Waals surface area contributed by atoms with Crippen LogP contribution in [0.25, 0.3) is 10.9 Å². The van der Waals surface area contributed by atoms with Gasteiger partial charge in [0.1, 0.15) is 0 Å². The van der Waals surface area contributed by atoms with Crippen LogP contribution in [0.3, 0.4) is 0 Å². The second kappa shape index (κ2) is 8.53. The van der Waals surface area contributed by atoms with Crippen molar-refractivity contribution >= 4 is 16.8 Å². The fourth-order valence-corrected chi connectivity index (χ4v) is 4.32. The number of nitrogens with zero attached hydrogens (tertiary/aromatic N) is 3. The van der Waals surface area contributed by atoms with Crippen LogP contribution in [0.2, 0.25) is 0 Å². The van der Waals surface area contributed by atoms with Gasteiger partial charge in [-0.25, -0.2) is 0 Å². The molecule has 1 amide bonds. The Morgan fingerprint density at radius 3 is 2.73 bits per heavy atom. The molecule has 3 aromatic heterocycles. The highest BCUT2D eigenvalue weighted by atomic mass is 19.4. The summed E-state index contributed by atoms with van der Waals surface area (Å²) < 4.78 is 41.8. The third-order valence-corrected chi connectivity index (χ3v) is 6.02. The van der Waals surface area contributed by atoms with Crippen molar-refractivity contribution in [1.29, 1.82) is 0 Å². The number of fused-ring (bicyclic) bond motifs is 1. The molecule has 4 heterocycles. The van der Waals surface area contributed by atoms with Crippen LogP contribution in [-0.2, 0) is 12.7 Å². The average molecular weight is 418 g/mol. The van der Waals surface area contributed by atoms with Crippen molar-refractivity contribution in [3.8, 4) is 0 Å². The lowest BCUT2D eigenvalue weighted by Gasteiger charge is -2.32. The predicted octanol–water partition coefficient (Wildman–Crippen LogP) is 5.11. The summed E-state index contributed by atoms with van der Waals surface area (Å²) in [5.41, 5.74) is -0.0483. The summed E-state index contributed by atoms with van der Waals surface area (Å²) in [5.74, 6) is -0.0565. The molecule has 0 bridgehead atoms. The number of hydrogen-bond donors (Lipinski definition) is 1. The van der Waals surface area contributed by atoms with Crippen molar-refractivity contribution < 1.29 is 18.0 Å². The van der Waals surface area contributed by atoms with E-state index in [1.165, 1.54) is 15.8 Å². The van der Waals surface area contributed by atoms with E-state index in [-0.39, 0.29) is 5.56 Å². The van der Waals surface area contributed by atoms with Crippen LogP contribution in [0.5, 0.6) is 0 Å². The number of aromatic nitrogens is 3.